The SMILES string of the molecule is CC(C)c1ncc(-c2ccc(Cl)cc2)c(N)n1. The number of nitrogens with zero attached hydrogens (tertiary/aromatic N) is 2. The molecule has 0 atom stereocenters. The molecular formula is C13H14ClN3. The average Bonchev–Trinajstić information content (AvgIpc) is 2.30. The van der Waals surface area contributed by atoms with Crippen LogP contribution in [0.5, 0.6) is 0 Å². The van der Waals surface area contributed by atoms with Crippen LogP contribution in [0.15, 0.2) is 30.5 Å². The lowest BCUT2D eigenvalue weighted by Gasteiger charge is -2.08. The van der Waals surface area contributed by atoms with Crippen molar-refractivity contribution in [3.05, 3.63) is 41.3 Å². The van der Waals surface area contributed by atoms with Crippen molar-refractivity contribution < 1.29 is 0 Å². The standard InChI is InChI=1S/C13H14ClN3/c1-8(2)13-16-7-11(12(15)17-13)9-3-5-10(14)6-4-9/h3-8H,1-2H3,(H2,15,16,17). The quantitative estimate of drug-likeness (QED) is 0.884. The second-order valence-corrected chi connectivity index (χ2v) is 4.63. The van der Waals surface area contributed by atoms with Gasteiger partial charge in [-0.05, 0) is 17.7 Å². The van der Waals surface area contributed by atoms with Gasteiger partial charge in [0.2, 0.25) is 0 Å². The lowest BCUT2D eigenvalue weighted by atomic mass is 10.1. The number of benzene rings is 1. The number of aromatic nitrogens is 2. The maximum absolute atomic E-state index is 5.95. The number of nitrogens with two attached hydrogens (primary N) is 1. The predicted octanol–water partition coefficient (Wildman–Crippen LogP) is 3.50. The van der Waals surface area contributed by atoms with E-state index in [1.807, 2.05) is 38.1 Å². The Labute approximate surface area is 106 Å². The van der Waals surface area contributed by atoms with E-state index < -0.39 is 0 Å². The van der Waals surface area contributed by atoms with Crippen LogP contribution in [0.4, 0.5) is 5.82 Å². The summed E-state index contributed by atoms with van der Waals surface area (Å²) < 4.78 is 0. The Kier molecular flexibility index (Phi) is 3.29. The van der Waals surface area contributed by atoms with E-state index in [0.29, 0.717) is 10.8 Å². The third-order valence-electron chi connectivity index (χ3n) is 2.51. The summed E-state index contributed by atoms with van der Waals surface area (Å²) in [6, 6.07) is 7.47. The fourth-order valence-electron chi connectivity index (χ4n) is 1.54. The largest absolute Gasteiger partial charge is 0.383 e. The van der Waals surface area contributed by atoms with Crippen molar-refractivity contribution in [1.82, 2.24) is 9.97 Å². The van der Waals surface area contributed by atoms with Crippen LogP contribution in [-0.2, 0) is 0 Å². The van der Waals surface area contributed by atoms with E-state index in [2.05, 4.69) is 9.97 Å². The van der Waals surface area contributed by atoms with Crippen molar-refractivity contribution >= 4 is 17.4 Å². The first-order valence-corrected chi connectivity index (χ1v) is 5.84. The van der Waals surface area contributed by atoms with E-state index in [1.54, 1.807) is 6.20 Å². The Morgan fingerprint density at radius 1 is 1.18 bits per heavy atom. The van der Waals surface area contributed by atoms with Gasteiger partial charge < -0.3 is 5.73 Å². The summed E-state index contributed by atoms with van der Waals surface area (Å²) in [7, 11) is 0. The van der Waals surface area contributed by atoms with E-state index in [9.17, 15) is 0 Å². The summed E-state index contributed by atoms with van der Waals surface area (Å²) in [4.78, 5) is 8.62. The first-order valence-electron chi connectivity index (χ1n) is 5.46. The summed E-state index contributed by atoms with van der Waals surface area (Å²) in [6.45, 7) is 4.08. The van der Waals surface area contributed by atoms with Crippen molar-refractivity contribution in [2.45, 2.75) is 19.8 Å². The third kappa shape index (κ3) is 2.56. The minimum Gasteiger partial charge on any atom is -0.383 e. The molecule has 0 aliphatic rings. The first kappa shape index (κ1) is 11.9. The zero-order valence-corrected chi connectivity index (χ0v) is 10.6. The molecule has 17 heavy (non-hydrogen) atoms. The molecule has 0 amide bonds. The molecule has 1 aromatic heterocycles. The van der Waals surface area contributed by atoms with E-state index in [4.69, 9.17) is 17.3 Å². The van der Waals surface area contributed by atoms with Gasteiger partial charge in [0.05, 0.1) is 0 Å². The molecule has 0 fully saturated rings. The van der Waals surface area contributed by atoms with Gasteiger partial charge in [-0.15, -0.1) is 0 Å². The van der Waals surface area contributed by atoms with Crippen LogP contribution in [0.1, 0.15) is 25.6 Å². The highest BCUT2D eigenvalue weighted by atomic mass is 35.5. The predicted molar refractivity (Wildman–Crippen MR) is 71.0 cm³/mol. The smallest absolute Gasteiger partial charge is 0.135 e. The Hall–Kier alpha value is -1.61. The van der Waals surface area contributed by atoms with Crippen molar-refractivity contribution in [3.8, 4) is 11.1 Å². The number of hydrogen-bond acceptors (Lipinski definition) is 3. The molecule has 0 saturated heterocycles. The lowest BCUT2D eigenvalue weighted by molar-refractivity contribution is 0.777. The summed E-state index contributed by atoms with van der Waals surface area (Å²) in [6.07, 6.45) is 1.76. The van der Waals surface area contributed by atoms with Crippen molar-refractivity contribution in [2.24, 2.45) is 0 Å². The Morgan fingerprint density at radius 2 is 1.82 bits per heavy atom. The highest BCUT2D eigenvalue weighted by molar-refractivity contribution is 6.30. The number of rotatable bonds is 2. The van der Waals surface area contributed by atoms with Gasteiger partial charge in [0.15, 0.2) is 0 Å². The maximum Gasteiger partial charge on any atom is 0.135 e. The highest BCUT2D eigenvalue weighted by Gasteiger charge is 2.08. The van der Waals surface area contributed by atoms with Crippen LogP contribution in [0.3, 0.4) is 0 Å². The monoisotopic (exact) mass is 247 g/mol. The fraction of sp³-hybridized carbons (Fsp3) is 0.231. The molecular weight excluding hydrogens is 234 g/mol. The molecule has 0 radical (unpaired) electrons. The average molecular weight is 248 g/mol. The molecule has 0 bridgehead atoms. The first-order chi connectivity index (χ1) is 8.08. The minimum atomic E-state index is 0.275. The number of anilines is 1. The zero-order chi connectivity index (χ0) is 12.4. The molecule has 4 heteroatoms. The van der Waals surface area contributed by atoms with Gasteiger partial charge in [-0.2, -0.15) is 0 Å². The molecule has 2 aromatic rings. The molecule has 3 nitrogen and oxygen atoms in total. The van der Waals surface area contributed by atoms with Gasteiger partial charge in [0.1, 0.15) is 11.6 Å². The second-order valence-electron chi connectivity index (χ2n) is 4.19. The molecule has 0 unspecified atom stereocenters. The summed E-state index contributed by atoms with van der Waals surface area (Å²) in [5, 5.41) is 0.701. The van der Waals surface area contributed by atoms with Gasteiger partial charge >= 0.3 is 0 Å². The van der Waals surface area contributed by atoms with Gasteiger partial charge in [0.25, 0.3) is 0 Å². The molecule has 2 rings (SSSR count). The molecule has 0 aliphatic carbocycles. The van der Waals surface area contributed by atoms with Crippen LogP contribution in [0.25, 0.3) is 11.1 Å². The fourth-order valence-corrected chi connectivity index (χ4v) is 1.67. The van der Waals surface area contributed by atoms with Gasteiger partial charge in [0, 0.05) is 22.7 Å². The van der Waals surface area contributed by atoms with E-state index in [-0.39, 0.29) is 5.92 Å². The zero-order valence-electron chi connectivity index (χ0n) is 9.81. The minimum absolute atomic E-state index is 0.275. The molecule has 0 saturated carbocycles. The topological polar surface area (TPSA) is 51.8 Å². The number of hydrogen-bond donors (Lipinski definition) is 1. The van der Waals surface area contributed by atoms with E-state index in [0.717, 1.165) is 17.0 Å². The van der Waals surface area contributed by atoms with Crippen LogP contribution in [0, 0.1) is 0 Å². The molecule has 0 spiro atoms. The second kappa shape index (κ2) is 4.72. The highest BCUT2D eigenvalue weighted by Crippen LogP contribution is 2.26. The van der Waals surface area contributed by atoms with Gasteiger partial charge in [-0.1, -0.05) is 37.6 Å². The van der Waals surface area contributed by atoms with Gasteiger partial charge in [-0.25, -0.2) is 9.97 Å². The Morgan fingerprint density at radius 3 is 2.35 bits per heavy atom. The lowest BCUT2D eigenvalue weighted by Crippen LogP contribution is -2.02. The van der Waals surface area contributed by atoms with E-state index in [1.165, 1.54) is 0 Å². The molecule has 2 N–H and O–H groups in total. The van der Waals surface area contributed by atoms with Crippen LogP contribution in [-0.4, -0.2) is 9.97 Å². The third-order valence-corrected chi connectivity index (χ3v) is 2.76. The Bertz CT molecular complexity index is 521. The van der Waals surface area contributed by atoms with Crippen molar-refractivity contribution in [1.29, 1.82) is 0 Å². The number of nitrogen functional groups attached to an aromatic ring is 1. The van der Waals surface area contributed by atoms with Gasteiger partial charge in [-0.3, -0.25) is 0 Å². The van der Waals surface area contributed by atoms with Crippen molar-refractivity contribution in [2.75, 3.05) is 5.73 Å². The molecule has 1 aromatic carbocycles. The summed E-state index contributed by atoms with van der Waals surface area (Å²) in [5.41, 5.74) is 7.76. The van der Waals surface area contributed by atoms with Crippen LogP contribution < -0.4 is 5.73 Å². The van der Waals surface area contributed by atoms with Crippen LogP contribution in [0.2, 0.25) is 5.02 Å². The van der Waals surface area contributed by atoms with Crippen LogP contribution >= 0.6 is 11.6 Å². The summed E-state index contributed by atoms with van der Waals surface area (Å²) >= 11 is 5.84. The van der Waals surface area contributed by atoms with Crippen molar-refractivity contribution in [3.63, 3.8) is 0 Å². The normalized spacial score (nSPS) is 10.8. The summed E-state index contributed by atoms with van der Waals surface area (Å²) in [5.74, 6) is 1.54. The molecule has 1 heterocycles. The maximum atomic E-state index is 5.95. The molecule has 0 aliphatic heterocycles. The number of halogens is 1. The van der Waals surface area contributed by atoms with E-state index >= 15 is 0 Å². The molecule has 88 valence electrons. The Balaban J connectivity index is 2.43.